The van der Waals surface area contributed by atoms with Crippen molar-refractivity contribution in [3.63, 3.8) is 0 Å². The van der Waals surface area contributed by atoms with E-state index in [2.05, 4.69) is 26.2 Å². The van der Waals surface area contributed by atoms with Gasteiger partial charge >= 0.3 is 6.09 Å². The number of nitrogens with one attached hydrogen (secondary N) is 1. The lowest BCUT2D eigenvalue weighted by atomic mass is 10.2. The zero-order chi connectivity index (χ0) is 20.2. The summed E-state index contributed by atoms with van der Waals surface area (Å²) in [5.41, 5.74) is 3.10. The van der Waals surface area contributed by atoms with E-state index in [4.69, 9.17) is 4.74 Å². The topological polar surface area (TPSA) is 78.0 Å². The lowest BCUT2D eigenvalue weighted by Gasteiger charge is -2.37. The lowest BCUT2D eigenvalue weighted by molar-refractivity contribution is -0.119. The fraction of sp³-hybridized carbons (Fsp3) is 0.381. The fourth-order valence-electron chi connectivity index (χ4n) is 3.70. The zero-order valence-electron chi connectivity index (χ0n) is 16.5. The second-order valence-electron chi connectivity index (χ2n) is 7.26. The number of ether oxygens (including phenoxy) is 1. The molecule has 0 spiro atoms. The molecule has 0 saturated carbocycles. The average molecular weight is 395 g/mol. The first-order valence-corrected chi connectivity index (χ1v) is 9.83. The third-order valence-corrected chi connectivity index (χ3v) is 5.27. The number of carbonyl (C=O) groups is 2. The van der Waals surface area contributed by atoms with E-state index < -0.39 is 0 Å². The van der Waals surface area contributed by atoms with E-state index in [9.17, 15) is 9.59 Å². The van der Waals surface area contributed by atoms with Crippen molar-refractivity contribution < 1.29 is 14.3 Å². The summed E-state index contributed by atoms with van der Waals surface area (Å²) in [4.78, 5) is 33.7. The summed E-state index contributed by atoms with van der Waals surface area (Å²) in [5.74, 6) is -0.132. The second kappa shape index (κ2) is 8.38. The standard InChI is InChI=1S/C21H25N5O3/c1-16(27)23-14-20-15-26(21(28)29-20)18-6-4-17(5-7-18)24-9-11-25(12-10-24)19-3-2-8-22-13-19/h2-8,13,20H,9-12,14-15H2,1H3,(H,23,27)/t20-/m0/s1. The van der Waals surface area contributed by atoms with Gasteiger partial charge in [0.25, 0.3) is 0 Å². The van der Waals surface area contributed by atoms with Crippen molar-refractivity contribution >= 4 is 29.1 Å². The maximum absolute atomic E-state index is 12.2. The van der Waals surface area contributed by atoms with Crippen LogP contribution in [0.5, 0.6) is 0 Å². The molecule has 1 atom stereocenters. The molecule has 2 fully saturated rings. The molecule has 0 unspecified atom stereocenters. The Hall–Kier alpha value is -3.29. The highest BCUT2D eigenvalue weighted by Crippen LogP contribution is 2.26. The van der Waals surface area contributed by atoms with Gasteiger partial charge in [0.2, 0.25) is 5.91 Å². The number of pyridine rings is 1. The fourth-order valence-corrected chi connectivity index (χ4v) is 3.70. The minimum atomic E-state index is -0.377. The van der Waals surface area contributed by atoms with Crippen LogP contribution in [0.25, 0.3) is 0 Å². The molecule has 0 radical (unpaired) electrons. The third kappa shape index (κ3) is 4.42. The molecule has 3 heterocycles. The summed E-state index contributed by atoms with van der Waals surface area (Å²) >= 11 is 0. The van der Waals surface area contributed by atoms with E-state index in [0.717, 1.165) is 43.2 Å². The summed E-state index contributed by atoms with van der Waals surface area (Å²) in [5, 5.41) is 2.69. The van der Waals surface area contributed by atoms with Crippen LogP contribution in [0.15, 0.2) is 48.8 Å². The molecular formula is C21H25N5O3. The third-order valence-electron chi connectivity index (χ3n) is 5.27. The maximum Gasteiger partial charge on any atom is 0.414 e. The molecule has 2 aromatic rings. The number of benzene rings is 1. The van der Waals surface area contributed by atoms with E-state index in [1.54, 1.807) is 11.1 Å². The summed E-state index contributed by atoms with van der Waals surface area (Å²) in [6, 6.07) is 12.0. The Morgan fingerprint density at radius 3 is 2.34 bits per heavy atom. The van der Waals surface area contributed by atoms with E-state index in [1.165, 1.54) is 6.92 Å². The van der Waals surface area contributed by atoms with Gasteiger partial charge in [-0.15, -0.1) is 0 Å². The normalized spacial score (nSPS) is 19.3. The molecule has 2 amide bonds. The Bertz CT molecular complexity index is 850. The summed E-state index contributed by atoms with van der Waals surface area (Å²) in [6.45, 7) is 5.95. The lowest BCUT2D eigenvalue weighted by Crippen LogP contribution is -2.46. The van der Waals surface area contributed by atoms with Gasteiger partial charge in [0.1, 0.15) is 6.10 Å². The number of carbonyl (C=O) groups excluding carboxylic acids is 2. The van der Waals surface area contributed by atoms with Gasteiger partial charge in [0.15, 0.2) is 0 Å². The van der Waals surface area contributed by atoms with Gasteiger partial charge < -0.3 is 19.9 Å². The monoisotopic (exact) mass is 395 g/mol. The quantitative estimate of drug-likeness (QED) is 0.833. The van der Waals surface area contributed by atoms with Gasteiger partial charge in [-0.1, -0.05) is 0 Å². The van der Waals surface area contributed by atoms with Crippen LogP contribution >= 0.6 is 0 Å². The molecule has 1 aromatic heterocycles. The highest BCUT2D eigenvalue weighted by Gasteiger charge is 2.32. The van der Waals surface area contributed by atoms with Crippen molar-refractivity contribution in [2.24, 2.45) is 0 Å². The zero-order valence-corrected chi connectivity index (χ0v) is 16.5. The van der Waals surface area contributed by atoms with Gasteiger partial charge in [-0.25, -0.2) is 4.79 Å². The van der Waals surface area contributed by atoms with Crippen molar-refractivity contribution in [2.45, 2.75) is 13.0 Å². The number of nitrogens with zero attached hydrogens (tertiary/aromatic N) is 4. The second-order valence-corrected chi connectivity index (χ2v) is 7.26. The van der Waals surface area contributed by atoms with Crippen molar-refractivity contribution in [1.29, 1.82) is 0 Å². The molecular weight excluding hydrogens is 370 g/mol. The van der Waals surface area contributed by atoms with Crippen LogP contribution in [0.2, 0.25) is 0 Å². The van der Waals surface area contributed by atoms with E-state index in [1.807, 2.05) is 36.5 Å². The average Bonchev–Trinajstić information content (AvgIpc) is 3.14. The van der Waals surface area contributed by atoms with Crippen LogP contribution in [0.3, 0.4) is 0 Å². The number of piperazine rings is 1. The Morgan fingerprint density at radius 2 is 1.72 bits per heavy atom. The van der Waals surface area contributed by atoms with Crippen molar-refractivity contribution in [1.82, 2.24) is 10.3 Å². The SMILES string of the molecule is CC(=O)NC[C@H]1CN(c2ccc(N3CCN(c4cccnc4)CC3)cc2)C(=O)O1. The molecule has 2 aliphatic rings. The Morgan fingerprint density at radius 1 is 1.07 bits per heavy atom. The van der Waals surface area contributed by atoms with E-state index in [0.29, 0.717) is 13.1 Å². The van der Waals surface area contributed by atoms with Crippen LogP contribution < -0.4 is 20.0 Å². The maximum atomic E-state index is 12.2. The smallest absolute Gasteiger partial charge is 0.414 e. The molecule has 152 valence electrons. The Kier molecular flexibility index (Phi) is 5.50. The number of anilines is 3. The van der Waals surface area contributed by atoms with Gasteiger partial charge in [-0.05, 0) is 36.4 Å². The number of rotatable bonds is 5. The van der Waals surface area contributed by atoms with Crippen LogP contribution in [0.4, 0.5) is 21.9 Å². The van der Waals surface area contributed by atoms with Crippen LogP contribution in [-0.2, 0) is 9.53 Å². The first-order valence-electron chi connectivity index (χ1n) is 9.83. The highest BCUT2D eigenvalue weighted by molar-refractivity contribution is 5.90. The van der Waals surface area contributed by atoms with E-state index in [-0.39, 0.29) is 18.1 Å². The molecule has 29 heavy (non-hydrogen) atoms. The van der Waals surface area contributed by atoms with Gasteiger partial charge in [-0.2, -0.15) is 0 Å². The van der Waals surface area contributed by atoms with Crippen LogP contribution in [-0.4, -0.2) is 62.4 Å². The summed E-state index contributed by atoms with van der Waals surface area (Å²) in [7, 11) is 0. The van der Waals surface area contributed by atoms with E-state index >= 15 is 0 Å². The number of aromatic nitrogens is 1. The van der Waals surface area contributed by atoms with Crippen molar-refractivity contribution in [3.8, 4) is 0 Å². The van der Waals surface area contributed by atoms with Gasteiger partial charge in [0.05, 0.1) is 25.0 Å². The largest absolute Gasteiger partial charge is 0.442 e. The Balaban J connectivity index is 1.34. The number of cyclic esters (lactones) is 1. The molecule has 2 aliphatic heterocycles. The summed E-state index contributed by atoms with van der Waals surface area (Å²) < 4.78 is 5.33. The van der Waals surface area contributed by atoms with Gasteiger partial charge in [0, 0.05) is 50.7 Å². The highest BCUT2D eigenvalue weighted by atomic mass is 16.6. The molecule has 0 aliphatic carbocycles. The minimum Gasteiger partial charge on any atom is -0.442 e. The predicted octanol–water partition coefficient (Wildman–Crippen LogP) is 1.87. The molecule has 1 aromatic carbocycles. The molecule has 1 N–H and O–H groups in total. The van der Waals surface area contributed by atoms with Crippen LogP contribution in [0.1, 0.15) is 6.92 Å². The molecule has 2 saturated heterocycles. The molecule has 8 nitrogen and oxygen atoms in total. The molecule has 8 heteroatoms. The van der Waals surface area contributed by atoms with Crippen molar-refractivity contribution in [3.05, 3.63) is 48.8 Å². The first kappa shape index (κ1) is 19.0. The molecule has 0 bridgehead atoms. The number of hydrogen-bond acceptors (Lipinski definition) is 6. The van der Waals surface area contributed by atoms with Crippen LogP contribution in [0, 0.1) is 0 Å². The molecule has 4 rings (SSSR count). The van der Waals surface area contributed by atoms with Crippen molar-refractivity contribution in [2.75, 3.05) is 54.0 Å². The Labute approximate surface area is 170 Å². The predicted molar refractivity (Wildman–Crippen MR) is 111 cm³/mol. The first-order chi connectivity index (χ1) is 14.1. The number of amides is 2. The summed E-state index contributed by atoms with van der Waals surface area (Å²) in [6.07, 6.45) is 2.99. The van der Waals surface area contributed by atoms with Gasteiger partial charge in [-0.3, -0.25) is 14.7 Å². The minimum absolute atomic E-state index is 0.132. The number of hydrogen-bond donors (Lipinski definition) is 1.